The standard InChI is InChI=1S/C17H18N4O3/c1-11(10-21-16(23)6-7-17(21)24)19-20-15(22)8-12-9-18-14-5-3-2-4-13(12)14/h2-5,9,18H,6-8,10H2,1H3,(H,20,22). The minimum Gasteiger partial charge on any atom is -0.361 e. The third-order valence-corrected chi connectivity index (χ3v) is 3.94. The van der Waals surface area contributed by atoms with Crippen LogP contribution in [0.3, 0.4) is 0 Å². The molecule has 0 unspecified atom stereocenters. The maximum atomic E-state index is 12.0. The predicted molar refractivity (Wildman–Crippen MR) is 89.2 cm³/mol. The number of hydrogen-bond donors (Lipinski definition) is 2. The Hall–Kier alpha value is -2.96. The summed E-state index contributed by atoms with van der Waals surface area (Å²) in [7, 11) is 0. The molecule has 0 bridgehead atoms. The van der Waals surface area contributed by atoms with E-state index in [1.807, 2.05) is 30.5 Å². The molecule has 1 aromatic carbocycles. The van der Waals surface area contributed by atoms with E-state index < -0.39 is 0 Å². The van der Waals surface area contributed by atoms with E-state index in [-0.39, 0.29) is 43.5 Å². The first kappa shape index (κ1) is 15.9. The maximum Gasteiger partial charge on any atom is 0.244 e. The van der Waals surface area contributed by atoms with Crippen LogP contribution in [-0.2, 0) is 20.8 Å². The van der Waals surface area contributed by atoms with Crippen LogP contribution < -0.4 is 5.43 Å². The number of fused-ring (bicyclic) bond motifs is 1. The van der Waals surface area contributed by atoms with Crippen LogP contribution in [0.1, 0.15) is 25.3 Å². The second-order valence-corrected chi connectivity index (χ2v) is 5.79. The van der Waals surface area contributed by atoms with Gasteiger partial charge in [0.25, 0.3) is 0 Å². The first-order valence-electron chi connectivity index (χ1n) is 7.75. The molecule has 0 spiro atoms. The highest BCUT2D eigenvalue weighted by Crippen LogP contribution is 2.18. The smallest absolute Gasteiger partial charge is 0.244 e. The molecule has 7 heteroatoms. The zero-order valence-electron chi connectivity index (χ0n) is 13.3. The molecule has 7 nitrogen and oxygen atoms in total. The van der Waals surface area contributed by atoms with Gasteiger partial charge in [-0.05, 0) is 18.6 Å². The third kappa shape index (κ3) is 3.34. The number of rotatable bonds is 5. The SMILES string of the molecule is CC(CN1C(=O)CCC1=O)=NNC(=O)Cc1c[nH]c2ccccc12. The molecular weight excluding hydrogens is 308 g/mol. The lowest BCUT2D eigenvalue weighted by atomic mass is 10.1. The predicted octanol–water partition coefficient (Wildman–Crippen LogP) is 1.35. The number of carbonyl (C=O) groups is 3. The Morgan fingerprint density at radius 2 is 1.96 bits per heavy atom. The van der Waals surface area contributed by atoms with Crippen molar-refractivity contribution < 1.29 is 14.4 Å². The van der Waals surface area contributed by atoms with E-state index in [1.54, 1.807) is 6.92 Å². The number of nitrogens with one attached hydrogen (secondary N) is 2. The number of aromatic amines is 1. The molecule has 0 aliphatic carbocycles. The molecule has 1 aliphatic rings. The number of hydrogen-bond acceptors (Lipinski definition) is 4. The largest absolute Gasteiger partial charge is 0.361 e. The van der Waals surface area contributed by atoms with E-state index in [0.29, 0.717) is 5.71 Å². The van der Waals surface area contributed by atoms with E-state index in [9.17, 15) is 14.4 Å². The third-order valence-electron chi connectivity index (χ3n) is 3.94. The normalized spacial score (nSPS) is 15.4. The Labute approximate surface area is 138 Å². The number of likely N-dealkylation sites (tertiary alicyclic amines) is 1. The summed E-state index contributed by atoms with van der Waals surface area (Å²) in [6, 6.07) is 7.75. The highest BCUT2D eigenvalue weighted by Gasteiger charge is 2.28. The van der Waals surface area contributed by atoms with Crippen LogP contribution in [0.25, 0.3) is 10.9 Å². The second-order valence-electron chi connectivity index (χ2n) is 5.79. The van der Waals surface area contributed by atoms with Gasteiger partial charge < -0.3 is 4.98 Å². The summed E-state index contributed by atoms with van der Waals surface area (Å²) in [6.07, 6.45) is 2.50. The summed E-state index contributed by atoms with van der Waals surface area (Å²) >= 11 is 0. The van der Waals surface area contributed by atoms with Crippen molar-refractivity contribution in [2.24, 2.45) is 5.10 Å². The van der Waals surface area contributed by atoms with E-state index in [2.05, 4.69) is 15.5 Å². The Morgan fingerprint density at radius 1 is 1.25 bits per heavy atom. The van der Waals surface area contributed by atoms with E-state index in [0.717, 1.165) is 16.5 Å². The maximum absolute atomic E-state index is 12.0. The number of hydrazone groups is 1. The first-order valence-corrected chi connectivity index (χ1v) is 7.75. The molecular formula is C17H18N4O3. The molecule has 0 radical (unpaired) electrons. The van der Waals surface area contributed by atoms with Crippen molar-refractivity contribution in [2.45, 2.75) is 26.2 Å². The van der Waals surface area contributed by atoms with Gasteiger partial charge in [-0.2, -0.15) is 5.10 Å². The molecule has 1 aromatic heterocycles. The van der Waals surface area contributed by atoms with Crippen LogP contribution in [0.2, 0.25) is 0 Å². The van der Waals surface area contributed by atoms with Crippen molar-refractivity contribution in [3.05, 3.63) is 36.0 Å². The molecule has 0 saturated carbocycles. The van der Waals surface area contributed by atoms with Gasteiger partial charge in [0.2, 0.25) is 17.7 Å². The summed E-state index contributed by atoms with van der Waals surface area (Å²) in [5, 5.41) is 4.98. The lowest BCUT2D eigenvalue weighted by molar-refractivity contribution is -0.137. The highest BCUT2D eigenvalue weighted by molar-refractivity contribution is 6.05. The van der Waals surface area contributed by atoms with Crippen molar-refractivity contribution in [3.63, 3.8) is 0 Å². The van der Waals surface area contributed by atoms with Crippen LogP contribution in [0, 0.1) is 0 Å². The lowest BCUT2D eigenvalue weighted by Crippen LogP contribution is -2.34. The average Bonchev–Trinajstić information content (AvgIpc) is 3.11. The Kier molecular flexibility index (Phi) is 4.41. The van der Waals surface area contributed by atoms with Crippen molar-refractivity contribution in [1.29, 1.82) is 0 Å². The van der Waals surface area contributed by atoms with Gasteiger partial charge in [-0.15, -0.1) is 0 Å². The number of para-hydroxylation sites is 1. The number of amides is 3. The molecule has 1 fully saturated rings. The molecule has 1 aliphatic heterocycles. The Morgan fingerprint density at radius 3 is 2.71 bits per heavy atom. The van der Waals surface area contributed by atoms with Crippen LogP contribution in [0.5, 0.6) is 0 Å². The molecule has 24 heavy (non-hydrogen) atoms. The van der Waals surface area contributed by atoms with Crippen LogP contribution in [0.15, 0.2) is 35.6 Å². The molecule has 2 aromatic rings. The minimum absolute atomic E-state index is 0.116. The van der Waals surface area contributed by atoms with Crippen molar-refractivity contribution in [2.75, 3.05) is 6.54 Å². The van der Waals surface area contributed by atoms with Crippen LogP contribution >= 0.6 is 0 Å². The number of H-pyrrole nitrogens is 1. The van der Waals surface area contributed by atoms with E-state index in [1.165, 1.54) is 4.90 Å². The lowest BCUT2D eigenvalue weighted by Gasteiger charge is -2.12. The zero-order chi connectivity index (χ0) is 17.1. The second kappa shape index (κ2) is 6.66. The fraction of sp³-hybridized carbons (Fsp3) is 0.294. The average molecular weight is 326 g/mol. The summed E-state index contributed by atoms with van der Waals surface area (Å²) < 4.78 is 0. The number of benzene rings is 1. The quantitative estimate of drug-likeness (QED) is 0.493. The summed E-state index contributed by atoms with van der Waals surface area (Å²) in [4.78, 5) is 39.4. The van der Waals surface area contributed by atoms with Gasteiger partial charge in [-0.25, -0.2) is 5.43 Å². The summed E-state index contributed by atoms with van der Waals surface area (Å²) in [5.41, 5.74) is 4.85. The molecule has 2 heterocycles. The molecule has 3 rings (SSSR count). The number of carbonyl (C=O) groups excluding carboxylic acids is 3. The molecule has 0 atom stereocenters. The zero-order valence-corrected chi connectivity index (χ0v) is 13.3. The molecule has 3 amide bonds. The minimum atomic E-state index is -0.252. The van der Waals surface area contributed by atoms with Crippen LogP contribution in [-0.4, -0.2) is 39.9 Å². The number of imide groups is 1. The van der Waals surface area contributed by atoms with Gasteiger partial charge >= 0.3 is 0 Å². The first-order chi connectivity index (χ1) is 11.5. The van der Waals surface area contributed by atoms with E-state index in [4.69, 9.17) is 0 Å². The van der Waals surface area contributed by atoms with Crippen molar-refractivity contribution in [3.8, 4) is 0 Å². The van der Waals surface area contributed by atoms with Gasteiger partial charge in [0, 0.05) is 29.9 Å². The fourth-order valence-electron chi connectivity index (χ4n) is 2.71. The number of aromatic nitrogens is 1. The molecule has 1 saturated heterocycles. The summed E-state index contributed by atoms with van der Waals surface area (Å²) in [6.45, 7) is 1.79. The summed E-state index contributed by atoms with van der Waals surface area (Å²) in [5.74, 6) is -0.641. The van der Waals surface area contributed by atoms with Crippen molar-refractivity contribution in [1.82, 2.24) is 15.3 Å². The van der Waals surface area contributed by atoms with Gasteiger partial charge in [-0.3, -0.25) is 19.3 Å². The molecule has 2 N–H and O–H groups in total. The Balaban J connectivity index is 1.58. The molecule has 124 valence electrons. The van der Waals surface area contributed by atoms with Gasteiger partial charge in [0.1, 0.15) is 0 Å². The van der Waals surface area contributed by atoms with E-state index >= 15 is 0 Å². The highest BCUT2D eigenvalue weighted by atomic mass is 16.2. The Bertz CT molecular complexity index is 821. The van der Waals surface area contributed by atoms with Crippen LogP contribution in [0.4, 0.5) is 0 Å². The van der Waals surface area contributed by atoms with Gasteiger partial charge in [0.15, 0.2) is 0 Å². The van der Waals surface area contributed by atoms with Crippen molar-refractivity contribution >= 4 is 34.3 Å². The van der Waals surface area contributed by atoms with Gasteiger partial charge in [-0.1, -0.05) is 18.2 Å². The van der Waals surface area contributed by atoms with Gasteiger partial charge in [0.05, 0.1) is 18.7 Å². The number of nitrogens with zero attached hydrogens (tertiary/aromatic N) is 2. The fourth-order valence-corrected chi connectivity index (χ4v) is 2.71. The topological polar surface area (TPSA) is 94.6 Å². The monoisotopic (exact) mass is 326 g/mol.